The summed E-state index contributed by atoms with van der Waals surface area (Å²) in [5.74, 6) is 2.51. The van der Waals surface area contributed by atoms with E-state index in [-0.39, 0.29) is 5.41 Å². The number of rotatable bonds is 8. The van der Waals surface area contributed by atoms with Gasteiger partial charge < -0.3 is 14.2 Å². The molecule has 3 unspecified atom stereocenters. The lowest BCUT2D eigenvalue weighted by Gasteiger charge is -2.45. The van der Waals surface area contributed by atoms with Gasteiger partial charge in [-0.05, 0) is 56.3 Å². The van der Waals surface area contributed by atoms with Gasteiger partial charge in [-0.3, -0.25) is 0 Å². The summed E-state index contributed by atoms with van der Waals surface area (Å²) in [5, 5.41) is 0. The van der Waals surface area contributed by atoms with Crippen LogP contribution in [0.5, 0.6) is 0 Å². The van der Waals surface area contributed by atoms with Crippen molar-refractivity contribution < 1.29 is 14.2 Å². The number of methoxy groups -OCH3 is 2. The SMILES string of the molecule is COCC(COC)(COC1CC2CCC1C2)C1CCC1. The first-order chi connectivity index (χ1) is 9.77. The Kier molecular flexibility index (Phi) is 4.68. The molecule has 20 heavy (non-hydrogen) atoms. The second-order valence-electron chi connectivity index (χ2n) is 7.38. The maximum atomic E-state index is 6.40. The van der Waals surface area contributed by atoms with E-state index in [0.29, 0.717) is 6.10 Å². The number of hydrogen-bond acceptors (Lipinski definition) is 3. The van der Waals surface area contributed by atoms with Crippen LogP contribution in [0.3, 0.4) is 0 Å². The highest BCUT2D eigenvalue weighted by Crippen LogP contribution is 2.48. The van der Waals surface area contributed by atoms with Gasteiger partial charge in [-0.2, -0.15) is 0 Å². The van der Waals surface area contributed by atoms with Crippen molar-refractivity contribution in [3.8, 4) is 0 Å². The van der Waals surface area contributed by atoms with Gasteiger partial charge in [0, 0.05) is 19.6 Å². The van der Waals surface area contributed by atoms with Crippen molar-refractivity contribution in [2.24, 2.45) is 23.2 Å². The highest BCUT2D eigenvalue weighted by atomic mass is 16.5. The second kappa shape index (κ2) is 6.33. The monoisotopic (exact) mass is 282 g/mol. The zero-order valence-corrected chi connectivity index (χ0v) is 13.1. The molecule has 0 heterocycles. The van der Waals surface area contributed by atoms with Crippen molar-refractivity contribution in [3.05, 3.63) is 0 Å². The highest BCUT2D eigenvalue weighted by Gasteiger charge is 2.45. The number of fused-ring (bicyclic) bond motifs is 2. The summed E-state index contributed by atoms with van der Waals surface area (Å²) in [5.41, 5.74) is 0.0869. The van der Waals surface area contributed by atoms with Crippen molar-refractivity contribution in [3.63, 3.8) is 0 Å². The van der Waals surface area contributed by atoms with Crippen molar-refractivity contribution in [2.45, 2.75) is 51.0 Å². The van der Waals surface area contributed by atoms with E-state index in [4.69, 9.17) is 14.2 Å². The van der Waals surface area contributed by atoms with Gasteiger partial charge in [-0.1, -0.05) is 6.42 Å². The summed E-state index contributed by atoms with van der Waals surface area (Å²) >= 11 is 0. The van der Waals surface area contributed by atoms with Crippen molar-refractivity contribution >= 4 is 0 Å². The molecular weight excluding hydrogens is 252 g/mol. The van der Waals surface area contributed by atoms with E-state index in [2.05, 4.69) is 0 Å². The Balaban J connectivity index is 1.59. The molecule has 3 heteroatoms. The van der Waals surface area contributed by atoms with E-state index in [1.165, 1.54) is 44.9 Å². The maximum Gasteiger partial charge on any atom is 0.0606 e. The Labute approximate surface area is 123 Å². The minimum absolute atomic E-state index is 0.0869. The fourth-order valence-corrected chi connectivity index (χ4v) is 4.74. The molecule has 0 aromatic rings. The molecule has 3 fully saturated rings. The highest BCUT2D eigenvalue weighted by molar-refractivity contribution is 4.94. The first-order valence-corrected chi connectivity index (χ1v) is 8.37. The molecular formula is C17H30O3. The summed E-state index contributed by atoms with van der Waals surface area (Å²) in [6.45, 7) is 2.37. The van der Waals surface area contributed by atoms with E-state index < -0.39 is 0 Å². The molecule has 2 bridgehead atoms. The van der Waals surface area contributed by atoms with Crippen LogP contribution < -0.4 is 0 Å². The van der Waals surface area contributed by atoms with E-state index in [1.807, 2.05) is 0 Å². The first-order valence-electron chi connectivity index (χ1n) is 8.37. The Morgan fingerprint density at radius 2 is 1.65 bits per heavy atom. The maximum absolute atomic E-state index is 6.40. The summed E-state index contributed by atoms with van der Waals surface area (Å²) in [6, 6.07) is 0. The van der Waals surface area contributed by atoms with Gasteiger partial charge in [0.05, 0.1) is 25.9 Å². The van der Waals surface area contributed by atoms with E-state index in [0.717, 1.165) is 37.6 Å². The fraction of sp³-hybridized carbons (Fsp3) is 1.00. The molecule has 3 aliphatic rings. The molecule has 0 aliphatic heterocycles. The predicted octanol–water partition coefficient (Wildman–Crippen LogP) is 3.27. The van der Waals surface area contributed by atoms with Crippen LogP contribution in [-0.2, 0) is 14.2 Å². The minimum Gasteiger partial charge on any atom is -0.384 e. The topological polar surface area (TPSA) is 27.7 Å². The Bertz CT molecular complexity index is 307. The third-order valence-electron chi connectivity index (χ3n) is 6.09. The standard InChI is InChI=1S/C17H30O3/c1-18-10-17(11-19-2,15-4-3-5-15)12-20-16-9-13-6-7-14(16)8-13/h13-16H,3-12H2,1-2H3. The fourth-order valence-electron chi connectivity index (χ4n) is 4.74. The molecule has 3 rings (SSSR count). The third-order valence-corrected chi connectivity index (χ3v) is 6.09. The molecule has 3 nitrogen and oxygen atoms in total. The first kappa shape index (κ1) is 14.8. The molecule has 3 aliphatic carbocycles. The van der Waals surface area contributed by atoms with E-state index in [9.17, 15) is 0 Å². The number of ether oxygens (including phenoxy) is 3. The van der Waals surface area contributed by atoms with Crippen LogP contribution in [0.2, 0.25) is 0 Å². The molecule has 3 saturated carbocycles. The Hall–Kier alpha value is -0.120. The Morgan fingerprint density at radius 3 is 2.10 bits per heavy atom. The van der Waals surface area contributed by atoms with Gasteiger partial charge in [0.25, 0.3) is 0 Å². The van der Waals surface area contributed by atoms with Crippen LogP contribution >= 0.6 is 0 Å². The third kappa shape index (κ3) is 2.77. The summed E-state index contributed by atoms with van der Waals surface area (Å²) in [7, 11) is 3.61. The lowest BCUT2D eigenvalue weighted by atomic mass is 9.66. The molecule has 0 N–H and O–H groups in total. The Morgan fingerprint density at radius 1 is 0.900 bits per heavy atom. The molecule has 3 atom stereocenters. The number of hydrogen-bond donors (Lipinski definition) is 0. The van der Waals surface area contributed by atoms with Gasteiger partial charge >= 0.3 is 0 Å². The average Bonchev–Trinajstić information content (AvgIpc) is 2.97. The zero-order chi connectivity index (χ0) is 14.0. The van der Waals surface area contributed by atoms with Gasteiger partial charge in [0.1, 0.15) is 0 Å². The normalized spacial score (nSPS) is 33.6. The smallest absolute Gasteiger partial charge is 0.0606 e. The largest absolute Gasteiger partial charge is 0.384 e. The van der Waals surface area contributed by atoms with Gasteiger partial charge in [0.15, 0.2) is 0 Å². The summed E-state index contributed by atoms with van der Waals surface area (Å²) < 4.78 is 17.5. The average molecular weight is 282 g/mol. The molecule has 0 spiro atoms. The van der Waals surface area contributed by atoms with Crippen LogP contribution in [0.25, 0.3) is 0 Å². The summed E-state index contributed by atoms with van der Waals surface area (Å²) in [6.07, 6.45) is 10.0. The lowest BCUT2D eigenvalue weighted by Crippen LogP contribution is -2.47. The molecule has 0 aromatic heterocycles. The predicted molar refractivity (Wildman–Crippen MR) is 78.7 cm³/mol. The van der Waals surface area contributed by atoms with E-state index >= 15 is 0 Å². The van der Waals surface area contributed by atoms with Gasteiger partial charge in [0.2, 0.25) is 0 Å². The van der Waals surface area contributed by atoms with Crippen molar-refractivity contribution in [1.82, 2.24) is 0 Å². The van der Waals surface area contributed by atoms with Crippen LogP contribution in [0.1, 0.15) is 44.9 Å². The quantitative estimate of drug-likeness (QED) is 0.684. The zero-order valence-electron chi connectivity index (χ0n) is 13.1. The van der Waals surface area contributed by atoms with E-state index in [1.54, 1.807) is 14.2 Å². The molecule has 0 amide bonds. The molecule has 0 saturated heterocycles. The van der Waals surface area contributed by atoms with Crippen molar-refractivity contribution in [2.75, 3.05) is 34.0 Å². The van der Waals surface area contributed by atoms with Crippen LogP contribution in [0.4, 0.5) is 0 Å². The molecule has 116 valence electrons. The second-order valence-corrected chi connectivity index (χ2v) is 7.38. The van der Waals surface area contributed by atoms with Gasteiger partial charge in [-0.15, -0.1) is 0 Å². The minimum atomic E-state index is 0.0869. The van der Waals surface area contributed by atoms with Crippen LogP contribution in [0, 0.1) is 23.2 Å². The lowest BCUT2D eigenvalue weighted by molar-refractivity contribution is -0.124. The van der Waals surface area contributed by atoms with Crippen molar-refractivity contribution in [1.29, 1.82) is 0 Å². The summed E-state index contributed by atoms with van der Waals surface area (Å²) in [4.78, 5) is 0. The van der Waals surface area contributed by atoms with Gasteiger partial charge in [-0.25, -0.2) is 0 Å². The van der Waals surface area contributed by atoms with Crippen LogP contribution in [-0.4, -0.2) is 40.1 Å². The molecule has 0 aromatic carbocycles. The molecule has 0 radical (unpaired) electrons. The van der Waals surface area contributed by atoms with Crippen LogP contribution in [0.15, 0.2) is 0 Å².